The molecule has 2 aliphatic rings. The molecule has 1 saturated carbocycles. The van der Waals surface area contributed by atoms with Crippen LogP contribution < -0.4 is 10.6 Å². The molecule has 2 fully saturated rings. The number of fused-ring (bicyclic) bond motifs is 1. The number of carbonyl (C=O) groups is 1. The van der Waals surface area contributed by atoms with E-state index in [0.29, 0.717) is 18.6 Å². The van der Waals surface area contributed by atoms with Gasteiger partial charge in [0.05, 0.1) is 6.04 Å². The topological polar surface area (TPSA) is 66.1 Å². The average Bonchev–Trinajstić information content (AvgIpc) is 3.05. The van der Waals surface area contributed by atoms with Crippen molar-refractivity contribution >= 4 is 17.0 Å². The lowest BCUT2D eigenvalue weighted by atomic mass is 9.76. The molecule has 5 heteroatoms. The van der Waals surface area contributed by atoms with Crippen LogP contribution in [0, 0.1) is 0 Å². The molecule has 1 aromatic heterocycles. The van der Waals surface area contributed by atoms with Crippen molar-refractivity contribution in [2.45, 2.75) is 37.3 Å². The highest BCUT2D eigenvalue weighted by Crippen LogP contribution is 2.40. The largest absolute Gasteiger partial charge is 0.447 e. The number of aromatic amines is 1. The molecule has 116 valence electrons. The molecule has 1 aromatic carbocycles. The van der Waals surface area contributed by atoms with Gasteiger partial charge in [-0.1, -0.05) is 6.07 Å². The van der Waals surface area contributed by atoms with Gasteiger partial charge < -0.3 is 20.4 Å². The number of hydrogen-bond donors (Lipinski definition) is 3. The number of amides is 1. The second-order valence-corrected chi connectivity index (χ2v) is 6.42. The summed E-state index contributed by atoms with van der Waals surface area (Å²) in [5.74, 6) is 0.649. The van der Waals surface area contributed by atoms with Crippen molar-refractivity contribution in [2.75, 3.05) is 13.7 Å². The quantitative estimate of drug-likeness (QED) is 0.811. The summed E-state index contributed by atoms with van der Waals surface area (Å²) in [5, 5.41) is 7.50. The summed E-state index contributed by atoms with van der Waals surface area (Å²) in [4.78, 5) is 14.5. The number of carbonyl (C=O) groups excluding carboxylic acids is 1. The molecule has 1 atom stereocenters. The number of nitrogens with one attached hydrogen (secondary N) is 3. The zero-order valence-corrected chi connectivity index (χ0v) is 12.7. The van der Waals surface area contributed by atoms with Crippen molar-refractivity contribution in [1.82, 2.24) is 15.6 Å². The van der Waals surface area contributed by atoms with E-state index in [1.165, 1.54) is 34.9 Å². The highest BCUT2D eigenvalue weighted by atomic mass is 16.6. The second-order valence-electron chi connectivity index (χ2n) is 6.42. The van der Waals surface area contributed by atoms with Gasteiger partial charge in [0.1, 0.15) is 6.61 Å². The van der Waals surface area contributed by atoms with Gasteiger partial charge in [0, 0.05) is 23.1 Å². The first-order valence-corrected chi connectivity index (χ1v) is 7.93. The Morgan fingerprint density at radius 2 is 2.23 bits per heavy atom. The first-order valence-electron chi connectivity index (χ1n) is 7.93. The summed E-state index contributed by atoms with van der Waals surface area (Å²) >= 11 is 0. The SMILES string of the molecule is CNC1CC(c2c[nH]c3ccc(C[C@H]4COC(=O)N4)cc23)C1. The minimum absolute atomic E-state index is 0.0877. The van der Waals surface area contributed by atoms with Crippen LogP contribution in [-0.4, -0.2) is 36.8 Å². The lowest BCUT2D eigenvalue weighted by molar-refractivity contribution is 0.177. The predicted molar refractivity (Wildman–Crippen MR) is 85.1 cm³/mol. The van der Waals surface area contributed by atoms with Gasteiger partial charge in [0.25, 0.3) is 0 Å². The maximum absolute atomic E-state index is 11.1. The summed E-state index contributed by atoms with van der Waals surface area (Å²) < 4.78 is 4.96. The Kier molecular flexibility index (Phi) is 3.30. The Hall–Kier alpha value is -2.01. The molecular weight excluding hydrogens is 278 g/mol. The molecule has 5 nitrogen and oxygen atoms in total. The fraction of sp³-hybridized carbons (Fsp3) is 0.471. The minimum Gasteiger partial charge on any atom is -0.447 e. The molecule has 0 bridgehead atoms. The van der Waals surface area contributed by atoms with Gasteiger partial charge in [-0.15, -0.1) is 0 Å². The van der Waals surface area contributed by atoms with Crippen molar-refractivity contribution in [2.24, 2.45) is 0 Å². The highest BCUT2D eigenvalue weighted by Gasteiger charge is 2.30. The number of ether oxygens (including phenoxy) is 1. The van der Waals surface area contributed by atoms with E-state index in [1.54, 1.807) is 0 Å². The molecule has 0 radical (unpaired) electrons. The standard InChI is InChI=1S/C17H21N3O2/c1-18-12-6-11(7-12)15-8-19-16-3-2-10(5-14(15)16)4-13-9-22-17(21)20-13/h2-3,5,8,11-13,18-19H,4,6-7,9H2,1H3,(H,20,21)/t11?,12?,13-/m0/s1. The number of H-pyrrole nitrogens is 1. The van der Waals surface area contributed by atoms with Crippen LogP contribution in [0.3, 0.4) is 0 Å². The van der Waals surface area contributed by atoms with Crippen LogP contribution in [0.25, 0.3) is 10.9 Å². The fourth-order valence-electron chi connectivity index (χ4n) is 3.58. The molecule has 22 heavy (non-hydrogen) atoms. The lowest BCUT2D eigenvalue weighted by Crippen LogP contribution is -2.37. The average molecular weight is 299 g/mol. The molecule has 1 amide bonds. The normalized spacial score (nSPS) is 27.5. The van der Waals surface area contributed by atoms with Gasteiger partial charge in [-0.2, -0.15) is 0 Å². The number of benzene rings is 1. The van der Waals surface area contributed by atoms with Gasteiger partial charge in [0.15, 0.2) is 0 Å². The van der Waals surface area contributed by atoms with Crippen LogP contribution in [0.4, 0.5) is 4.79 Å². The third-order valence-electron chi connectivity index (χ3n) is 4.98. The number of aromatic nitrogens is 1. The van der Waals surface area contributed by atoms with E-state index in [-0.39, 0.29) is 12.1 Å². The minimum atomic E-state index is -0.305. The number of hydrogen-bond acceptors (Lipinski definition) is 3. The van der Waals surface area contributed by atoms with Crippen molar-refractivity contribution < 1.29 is 9.53 Å². The monoisotopic (exact) mass is 299 g/mol. The van der Waals surface area contributed by atoms with Gasteiger partial charge >= 0.3 is 6.09 Å². The molecule has 3 N–H and O–H groups in total. The van der Waals surface area contributed by atoms with E-state index < -0.39 is 0 Å². The van der Waals surface area contributed by atoms with E-state index in [2.05, 4.69) is 40.0 Å². The first-order chi connectivity index (χ1) is 10.7. The third-order valence-corrected chi connectivity index (χ3v) is 4.98. The molecule has 0 spiro atoms. The van der Waals surface area contributed by atoms with E-state index in [9.17, 15) is 4.79 Å². The Morgan fingerprint density at radius 1 is 1.36 bits per heavy atom. The van der Waals surface area contributed by atoms with Gasteiger partial charge in [-0.25, -0.2) is 4.79 Å². The summed E-state index contributed by atoms with van der Waals surface area (Å²) in [6, 6.07) is 7.27. The van der Waals surface area contributed by atoms with Gasteiger partial charge in [0.2, 0.25) is 0 Å². The van der Waals surface area contributed by atoms with Crippen molar-refractivity contribution in [3.63, 3.8) is 0 Å². The molecule has 1 saturated heterocycles. The molecular formula is C17H21N3O2. The maximum atomic E-state index is 11.1. The number of rotatable bonds is 4. The van der Waals surface area contributed by atoms with E-state index in [4.69, 9.17) is 4.74 Å². The summed E-state index contributed by atoms with van der Waals surface area (Å²) in [5.41, 5.74) is 3.86. The molecule has 1 aliphatic carbocycles. The molecule has 4 rings (SSSR count). The van der Waals surface area contributed by atoms with Crippen LogP contribution in [0.15, 0.2) is 24.4 Å². The molecule has 2 heterocycles. The van der Waals surface area contributed by atoms with E-state index in [0.717, 1.165) is 6.42 Å². The number of alkyl carbamates (subject to hydrolysis) is 1. The Labute approximate surface area is 129 Å². The number of cyclic esters (lactones) is 1. The third kappa shape index (κ3) is 2.35. The van der Waals surface area contributed by atoms with Crippen molar-refractivity contribution in [3.8, 4) is 0 Å². The van der Waals surface area contributed by atoms with Crippen LogP contribution in [-0.2, 0) is 11.2 Å². The van der Waals surface area contributed by atoms with Crippen LogP contribution in [0.2, 0.25) is 0 Å². The smallest absolute Gasteiger partial charge is 0.407 e. The Morgan fingerprint density at radius 3 is 2.95 bits per heavy atom. The zero-order chi connectivity index (χ0) is 15.1. The van der Waals surface area contributed by atoms with Crippen molar-refractivity contribution in [3.05, 3.63) is 35.5 Å². The second kappa shape index (κ2) is 5.32. The summed E-state index contributed by atoms with van der Waals surface area (Å²) in [7, 11) is 2.03. The Bertz CT molecular complexity index is 703. The predicted octanol–water partition coefficient (Wildman–Crippen LogP) is 2.28. The molecule has 1 aliphatic heterocycles. The summed E-state index contributed by atoms with van der Waals surface area (Å²) in [6.45, 7) is 0.462. The van der Waals surface area contributed by atoms with Crippen LogP contribution in [0.1, 0.15) is 29.9 Å². The van der Waals surface area contributed by atoms with Crippen LogP contribution in [0.5, 0.6) is 0 Å². The maximum Gasteiger partial charge on any atom is 0.407 e. The van der Waals surface area contributed by atoms with Gasteiger partial charge in [-0.05, 0) is 55.5 Å². The molecule has 2 aromatic rings. The fourth-order valence-corrected chi connectivity index (χ4v) is 3.58. The van der Waals surface area contributed by atoms with E-state index >= 15 is 0 Å². The summed E-state index contributed by atoms with van der Waals surface area (Å²) in [6.07, 6.45) is 5.09. The van der Waals surface area contributed by atoms with Gasteiger partial charge in [-0.3, -0.25) is 0 Å². The van der Waals surface area contributed by atoms with Crippen molar-refractivity contribution in [1.29, 1.82) is 0 Å². The lowest BCUT2D eigenvalue weighted by Gasteiger charge is -2.35. The van der Waals surface area contributed by atoms with Crippen LogP contribution >= 0.6 is 0 Å². The highest BCUT2D eigenvalue weighted by molar-refractivity contribution is 5.84. The molecule has 0 unspecified atom stereocenters. The van der Waals surface area contributed by atoms with E-state index in [1.807, 2.05) is 7.05 Å². The first kappa shape index (κ1) is 13.6. The Balaban J connectivity index is 1.55. The zero-order valence-electron chi connectivity index (χ0n) is 12.7.